The van der Waals surface area contributed by atoms with Crippen LogP contribution in [0.5, 0.6) is 0 Å². The number of aryl methyl sites for hydroxylation is 2. The average Bonchev–Trinajstić information content (AvgIpc) is 2.61. The van der Waals surface area contributed by atoms with E-state index in [1.165, 1.54) is 0 Å². The van der Waals surface area contributed by atoms with Gasteiger partial charge in [-0.1, -0.05) is 60.0 Å². The van der Waals surface area contributed by atoms with E-state index in [4.69, 9.17) is 11.6 Å². The van der Waals surface area contributed by atoms with Gasteiger partial charge >= 0.3 is 0 Å². The Balaban J connectivity index is 2.31. The summed E-state index contributed by atoms with van der Waals surface area (Å²) in [5.74, 6) is -0.180. The van der Waals surface area contributed by atoms with Gasteiger partial charge in [-0.15, -0.1) is 0 Å². The number of nitrogens with zero attached hydrogens (tertiary/aromatic N) is 1. The summed E-state index contributed by atoms with van der Waals surface area (Å²) in [5, 5.41) is 3.60. The Morgan fingerprint density at radius 2 is 1.59 bits per heavy atom. The lowest BCUT2D eigenvalue weighted by Crippen LogP contribution is -2.50. The van der Waals surface area contributed by atoms with Crippen molar-refractivity contribution in [1.82, 2.24) is 10.2 Å². The quantitative estimate of drug-likeness (QED) is 0.672. The minimum Gasteiger partial charge on any atom is -0.352 e. The van der Waals surface area contributed by atoms with Crippen LogP contribution in [0.1, 0.15) is 49.4 Å². The number of hydrogen-bond acceptors (Lipinski definition) is 2. The molecular weight excluding hydrogens is 384 g/mol. The smallest absolute Gasteiger partial charge is 0.243 e. The molecule has 0 saturated heterocycles. The van der Waals surface area contributed by atoms with Crippen LogP contribution in [0.3, 0.4) is 0 Å². The standard InChI is InChI=1S/C24H31ClN2O2/c1-6-22(24(29)26-16(2)3)27(15-19-7-9-21(25)10-8-19)23(28)14-20-12-17(4)11-18(5)13-20/h7-13,16,22H,6,14-15H2,1-5H3,(H,26,29)/t22-/m0/s1. The van der Waals surface area contributed by atoms with E-state index in [0.717, 1.165) is 22.3 Å². The summed E-state index contributed by atoms with van der Waals surface area (Å²) >= 11 is 6.00. The zero-order chi connectivity index (χ0) is 21.6. The van der Waals surface area contributed by atoms with Crippen LogP contribution in [-0.4, -0.2) is 28.8 Å². The fourth-order valence-electron chi connectivity index (χ4n) is 3.53. The molecule has 2 rings (SSSR count). The summed E-state index contributed by atoms with van der Waals surface area (Å²) < 4.78 is 0. The van der Waals surface area contributed by atoms with Crippen molar-refractivity contribution in [1.29, 1.82) is 0 Å². The van der Waals surface area contributed by atoms with Crippen molar-refractivity contribution in [2.24, 2.45) is 0 Å². The second-order valence-electron chi connectivity index (χ2n) is 7.91. The van der Waals surface area contributed by atoms with E-state index in [0.29, 0.717) is 18.0 Å². The second-order valence-corrected chi connectivity index (χ2v) is 8.34. The molecule has 1 atom stereocenters. The molecule has 2 aromatic carbocycles. The molecule has 0 aromatic heterocycles. The lowest BCUT2D eigenvalue weighted by molar-refractivity contribution is -0.141. The number of carbonyl (C=O) groups excluding carboxylic acids is 2. The maximum absolute atomic E-state index is 13.3. The first-order valence-electron chi connectivity index (χ1n) is 10.1. The molecule has 0 heterocycles. The minimum absolute atomic E-state index is 0.0171. The van der Waals surface area contributed by atoms with Crippen molar-refractivity contribution in [2.75, 3.05) is 0 Å². The number of benzene rings is 2. The van der Waals surface area contributed by atoms with E-state index in [2.05, 4.69) is 11.4 Å². The van der Waals surface area contributed by atoms with Crippen molar-refractivity contribution in [3.63, 3.8) is 0 Å². The number of nitrogens with one attached hydrogen (secondary N) is 1. The maximum atomic E-state index is 13.3. The lowest BCUT2D eigenvalue weighted by atomic mass is 10.0. The number of rotatable bonds is 8. The van der Waals surface area contributed by atoms with Gasteiger partial charge in [0, 0.05) is 17.6 Å². The number of hydrogen-bond donors (Lipinski definition) is 1. The summed E-state index contributed by atoms with van der Waals surface area (Å²) in [6.45, 7) is 10.2. The number of amides is 2. The Morgan fingerprint density at radius 3 is 2.10 bits per heavy atom. The van der Waals surface area contributed by atoms with Crippen LogP contribution in [0, 0.1) is 13.8 Å². The van der Waals surface area contributed by atoms with Crippen LogP contribution in [0.2, 0.25) is 5.02 Å². The van der Waals surface area contributed by atoms with E-state index in [-0.39, 0.29) is 24.3 Å². The van der Waals surface area contributed by atoms with Gasteiger partial charge in [0.25, 0.3) is 0 Å². The molecular formula is C24H31ClN2O2. The third-order valence-electron chi connectivity index (χ3n) is 4.72. The summed E-state index contributed by atoms with van der Waals surface area (Å²) in [4.78, 5) is 27.8. The van der Waals surface area contributed by atoms with E-state index in [1.54, 1.807) is 17.0 Å². The van der Waals surface area contributed by atoms with Gasteiger partial charge < -0.3 is 10.2 Å². The van der Waals surface area contributed by atoms with Crippen LogP contribution < -0.4 is 5.32 Å². The highest BCUT2D eigenvalue weighted by molar-refractivity contribution is 6.30. The van der Waals surface area contributed by atoms with E-state index >= 15 is 0 Å². The molecule has 156 valence electrons. The fourth-order valence-corrected chi connectivity index (χ4v) is 3.66. The van der Waals surface area contributed by atoms with Crippen molar-refractivity contribution in [2.45, 2.75) is 66.1 Å². The molecule has 0 aliphatic rings. The molecule has 2 amide bonds. The highest BCUT2D eigenvalue weighted by Gasteiger charge is 2.29. The largest absolute Gasteiger partial charge is 0.352 e. The van der Waals surface area contributed by atoms with Gasteiger partial charge in [0.1, 0.15) is 6.04 Å². The Labute approximate surface area is 179 Å². The normalized spacial score (nSPS) is 12.0. The third kappa shape index (κ3) is 6.90. The average molecular weight is 415 g/mol. The Bertz CT molecular complexity index is 826. The predicted molar refractivity (Wildman–Crippen MR) is 119 cm³/mol. The topological polar surface area (TPSA) is 49.4 Å². The summed E-state index contributed by atoms with van der Waals surface area (Å²) in [7, 11) is 0. The van der Waals surface area contributed by atoms with Crippen LogP contribution in [0.25, 0.3) is 0 Å². The molecule has 29 heavy (non-hydrogen) atoms. The van der Waals surface area contributed by atoms with Gasteiger partial charge in [0.05, 0.1) is 6.42 Å². The van der Waals surface area contributed by atoms with Crippen LogP contribution in [0.15, 0.2) is 42.5 Å². The molecule has 0 aliphatic heterocycles. The van der Waals surface area contributed by atoms with Crippen molar-refractivity contribution in [3.05, 3.63) is 69.7 Å². The fraction of sp³-hybridized carbons (Fsp3) is 0.417. The van der Waals surface area contributed by atoms with Gasteiger partial charge in [-0.05, 0) is 57.4 Å². The zero-order valence-electron chi connectivity index (χ0n) is 18.0. The van der Waals surface area contributed by atoms with E-state index in [1.807, 2.05) is 58.9 Å². The zero-order valence-corrected chi connectivity index (χ0v) is 18.7. The Hall–Kier alpha value is -2.33. The molecule has 1 N–H and O–H groups in total. The first-order chi connectivity index (χ1) is 13.7. The maximum Gasteiger partial charge on any atom is 0.243 e. The van der Waals surface area contributed by atoms with Crippen LogP contribution >= 0.6 is 11.6 Å². The highest BCUT2D eigenvalue weighted by Crippen LogP contribution is 2.18. The van der Waals surface area contributed by atoms with E-state index < -0.39 is 6.04 Å². The third-order valence-corrected chi connectivity index (χ3v) is 4.97. The van der Waals surface area contributed by atoms with E-state index in [9.17, 15) is 9.59 Å². The molecule has 4 nitrogen and oxygen atoms in total. The van der Waals surface area contributed by atoms with Crippen LogP contribution in [-0.2, 0) is 22.6 Å². The number of carbonyl (C=O) groups is 2. The summed E-state index contributed by atoms with van der Waals surface area (Å²) in [6.07, 6.45) is 0.812. The minimum atomic E-state index is -0.522. The lowest BCUT2D eigenvalue weighted by Gasteiger charge is -2.31. The molecule has 5 heteroatoms. The predicted octanol–water partition coefficient (Wildman–Crippen LogP) is 4.83. The van der Waals surface area contributed by atoms with Crippen LogP contribution in [0.4, 0.5) is 0 Å². The second kappa shape index (κ2) is 10.4. The van der Waals surface area contributed by atoms with Crippen molar-refractivity contribution >= 4 is 23.4 Å². The summed E-state index contributed by atoms with van der Waals surface area (Å²) in [6, 6.07) is 13.0. The molecule has 2 aromatic rings. The Kier molecular flexibility index (Phi) is 8.27. The molecule has 0 bridgehead atoms. The SMILES string of the molecule is CC[C@@H](C(=O)NC(C)C)N(Cc1ccc(Cl)cc1)C(=O)Cc1cc(C)cc(C)c1. The Morgan fingerprint density at radius 1 is 1.00 bits per heavy atom. The molecule has 0 unspecified atom stereocenters. The first-order valence-corrected chi connectivity index (χ1v) is 10.5. The van der Waals surface area contributed by atoms with Gasteiger partial charge in [-0.25, -0.2) is 0 Å². The molecule has 0 saturated carbocycles. The van der Waals surface area contributed by atoms with Crippen molar-refractivity contribution in [3.8, 4) is 0 Å². The molecule has 0 spiro atoms. The molecule has 0 aliphatic carbocycles. The number of halogens is 1. The first kappa shape index (κ1) is 23.0. The monoisotopic (exact) mass is 414 g/mol. The molecule has 0 radical (unpaired) electrons. The highest BCUT2D eigenvalue weighted by atomic mass is 35.5. The van der Waals surface area contributed by atoms with Gasteiger partial charge in [0.2, 0.25) is 11.8 Å². The van der Waals surface area contributed by atoms with Gasteiger partial charge in [-0.3, -0.25) is 9.59 Å². The van der Waals surface area contributed by atoms with Crippen molar-refractivity contribution < 1.29 is 9.59 Å². The van der Waals surface area contributed by atoms with Gasteiger partial charge in [0.15, 0.2) is 0 Å². The summed E-state index contributed by atoms with van der Waals surface area (Å²) in [5.41, 5.74) is 4.16. The molecule has 0 fully saturated rings. The van der Waals surface area contributed by atoms with Gasteiger partial charge in [-0.2, -0.15) is 0 Å².